The monoisotopic (exact) mass is 483 g/mol. The summed E-state index contributed by atoms with van der Waals surface area (Å²) < 4.78 is 1.91. The molecular formula is C28H45N5O2. The molecular weight excluding hydrogens is 438 g/mol. The van der Waals surface area contributed by atoms with Gasteiger partial charge in [0.15, 0.2) is 0 Å². The molecule has 3 heterocycles. The minimum absolute atomic E-state index is 0.00747. The Labute approximate surface area is 211 Å². The zero-order valence-corrected chi connectivity index (χ0v) is 22.6. The van der Waals surface area contributed by atoms with Crippen LogP contribution in [0.15, 0.2) is 23.3 Å². The van der Waals surface area contributed by atoms with Gasteiger partial charge in [-0.3, -0.25) is 4.57 Å². The van der Waals surface area contributed by atoms with E-state index in [-0.39, 0.29) is 11.7 Å². The van der Waals surface area contributed by atoms with Gasteiger partial charge in [0.05, 0.1) is 5.69 Å². The molecule has 0 bridgehead atoms. The van der Waals surface area contributed by atoms with Gasteiger partial charge in [-0.05, 0) is 71.3 Å². The number of aryl methyl sites for hydroxylation is 2. The van der Waals surface area contributed by atoms with Crippen molar-refractivity contribution >= 4 is 18.2 Å². The van der Waals surface area contributed by atoms with E-state index in [0.717, 1.165) is 60.5 Å². The molecule has 1 saturated heterocycles. The van der Waals surface area contributed by atoms with Gasteiger partial charge in [0, 0.05) is 36.6 Å². The molecule has 0 radical (unpaired) electrons. The van der Waals surface area contributed by atoms with Crippen molar-refractivity contribution < 1.29 is 4.79 Å². The van der Waals surface area contributed by atoms with Crippen molar-refractivity contribution in [2.45, 2.75) is 99.0 Å². The molecule has 35 heavy (non-hydrogen) atoms. The summed E-state index contributed by atoms with van der Waals surface area (Å²) in [6, 6.07) is 2.25. The number of nitrogens with one attached hydrogen (secondary N) is 1. The number of aromatic amines is 1. The van der Waals surface area contributed by atoms with Crippen LogP contribution < -0.4 is 10.6 Å². The molecule has 4 rings (SSSR count). The number of carbonyl (C=O) groups excluding carboxylic acids is 1. The normalized spacial score (nSPS) is 17.1. The smallest absolute Gasteiger partial charge is 0.326 e. The number of nitrogens with zero attached hydrogens (tertiary/aromatic N) is 4. The SMILES string of the molecule is C/C=C\c1c(C)[nH]c(=O)n1C1CCN(c2cc(C)ncn2)CC1.CC=O.CCCC1(CC)CCC1. The Morgan fingerprint density at radius 1 is 1.14 bits per heavy atom. The summed E-state index contributed by atoms with van der Waals surface area (Å²) in [4.78, 5) is 34.8. The maximum absolute atomic E-state index is 12.3. The molecule has 0 amide bonds. The fraction of sp³-hybridized carbons (Fsp3) is 0.643. The van der Waals surface area contributed by atoms with Crippen LogP contribution in [0.3, 0.4) is 0 Å². The van der Waals surface area contributed by atoms with Gasteiger partial charge in [0.2, 0.25) is 0 Å². The molecule has 0 atom stereocenters. The highest BCUT2D eigenvalue weighted by Gasteiger charge is 2.33. The van der Waals surface area contributed by atoms with Crippen LogP contribution in [0.25, 0.3) is 6.08 Å². The third kappa shape index (κ3) is 7.64. The van der Waals surface area contributed by atoms with Crippen LogP contribution in [0.2, 0.25) is 0 Å². The van der Waals surface area contributed by atoms with Gasteiger partial charge in [-0.25, -0.2) is 14.8 Å². The average molecular weight is 484 g/mol. The van der Waals surface area contributed by atoms with Crippen LogP contribution in [0.5, 0.6) is 0 Å². The Balaban J connectivity index is 0.000000299. The Kier molecular flexibility index (Phi) is 11.4. The van der Waals surface area contributed by atoms with Crippen molar-refractivity contribution in [3.8, 4) is 0 Å². The first kappa shape index (κ1) is 28.5. The van der Waals surface area contributed by atoms with Crippen molar-refractivity contribution in [1.82, 2.24) is 19.5 Å². The Hall–Kier alpha value is -2.70. The van der Waals surface area contributed by atoms with E-state index < -0.39 is 0 Å². The zero-order valence-electron chi connectivity index (χ0n) is 22.6. The van der Waals surface area contributed by atoms with Crippen LogP contribution >= 0.6 is 0 Å². The minimum atomic E-state index is -0.00747. The predicted octanol–water partition coefficient (Wildman–Crippen LogP) is 6.03. The number of H-pyrrole nitrogens is 1. The first-order valence-corrected chi connectivity index (χ1v) is 13.2. The summed E-state index contributed by atoms with van der Waals surface area (Å²) in [5.41, 5.74) is 3.71. The molecule has 1 aliphatic carbocycles. The number of allylic oxidation sites excluding steroid dienone is 1. The molecule has 194 valence electrons. The van der Waals surface area contributed by atoms with Gasteiger partial charge >= 0.3 is 5.69 Å². The molecule has 0 aromatic carbocycles. The number of rotatable bonds is 6. The Morgan fingerprint density at radius 2 is 1.80 bits per heavy atom. The fourth-order valence-corrected chi connectivity index (χ4v) is 5.25. The highest BCUT2D eigenvalue weighted by atomic mass is 16.1. The number of aromatic nitrogens is 4. The predicted molar refractivity (Wildman–Crippen MR) is 145 cm³/mol. The number of aldehydes is 1. The average Bonchev–Trinajstić information content (AvgIpc) is 3.10. The van der Waals surface area contributed by atoms with Crippen LogP contribution in [0.1, 0.15) is 102 Å². The summed E-state index contributed by atoms with van der Waals surface area (Å²) in [6.07, 6.45) is 17.0. The van der Waals surface area contributed by atoms with Crippen LogP contribution in [-0.2, 0) is 4.79 Å². The molecule has 2 fully saturated rings. The molecule has 0 spiro atoms. The van der Waals surface area contributed by atoms with E-state index in [0.29, 0.717) is 0 Å². The number of piperidine rings is 1. The van der Waals surface area contributed by atoms with E-state index in [2.05, 4.69) is 33.7 Å². The molecule has 7 heteroatoms. The van der Waals surface area contributed by atoms with Crippen LogP contribution in [-0.4, -0.2) is 38.9 Å². The van der Waals surface area contributed by atoms with Gasteiger partial charge in [0.25, 0.3) is 0 Å². The van der Waals surface area contributed by atoms with Gasteiger partial charge in [-0.1, -0.05) is 39.2 Å². The lowest BCUT2D eigenvalue weighted by molar-refractivity contribution is -0.106. The molecule has 1 saturated carbocycles. The zero-order chi connectivity index (χ0) is 25.8. The second kappa shape index (κ2) is 14.0. The van der Waals surface area contributed by atoms with E-state index in [1.54, 1.807) is 6.33 Å². The standard InChI is InChI=1S/C17H23N5O.C9H18.C2H4O/c1-4-5-15-13(3)20-17(23)22(15)14-6-8-21(9-7-14)16-10-12(2)18-11-19-16;1-3-6-9(4-2)7-5-8-9;1-2-3/h4-5,10-11,14H,6-9H2,1-3H3,(H,20,23);3-8H2,1-2H3;2H,1H3/b5-4-;;. The molecule has 1 N–H and O–H groups in total. The lowest BCUT2D eigenvalue weighted by Crippen LogP contribution is -2.37. The molecule has 7 nitrogen and oxygen atoms in total. The van der Waals surface area contributed by atoms with E-state index in [9.17, 15) is 4.79 Å². The van der Waals surface area contributed by atoms with Crippen LogP contribution in [0.4, 0.5) is 5.82 Å². The van der Waals surface area contributed by atoms with Gasteiger partial charge in [0.1, 0.15) is 18.4 Å². The van der Waals surface area contributed by atoms with Crippen molar-refractivity contribution in [3.63, 3.8) is 0 Å². The largest absolute Gasteiger partial charge is 0.356 e. The minimum Gasteiger partial charge on any atom is -0.356 e. The van der Waals surface area contributed by atoms with Crippen molar-refractivity contribution in [2.24, 2.45) is 5.41 Å². The van der Waals surface area contributed by atoms with Crippen molar-refractivity contribution in [3.05, 3.63) is 46.0 Å². The second-order valence-corrected chi connectivity index (χ2v) is 9.74. The third-order valence-corrected chi connectivity index (χ3v) is 7.37. The molecule has 2 aromatic heterocycles. The summed E-state index contributed by atoms with van der Waals surface area (Å²) in [6.45, 7) is 13.8. The highest BCUT2D eigenvalue weighted by molar-refractivity contribution is 5.48. The molecule has 2 aromatic rings. The lowest BCUT2D eigenvalue weighted by atomic mass is 9.65. The van der Waals surface area contributed by atoms with E-state index >= 15 is 0 Å². The van der Waals surface area contributed by atoms with Crippen molar-refractivity contribution in [1.29, 1.82) is 0 Å². The lowest BCUT2D eigenvalue weighted by Gasteiger charge is -2.41. The number of imidazole rings is 1. The topological polar surface area (TPSA) is 83.9 Å². The van der Waals surface area contributed by atoms with Crippen LogP contribution in [0, 0.1) is 19.3 Å². The number of carbonyl (C=O) groups is 1. The van der Waals surface area contributed by atoms with E-state index in [1.807, 2.05) is 43.6 Å². The fourth-order valence-electron chi connectivity index (χ4n) is 5.25. The maximum Gasteiger partial charge on any atom is 0.326 e. The summed E-state index contributed by atoms with van der Waals surface area (Å²) >= 11 is 0. The van der Waals surface area contributed by atoms with E-state index in [4.69, 9.17) is 4.79 Å². The number of hydrogen-bond acceptors (Lipinski definition) is 5. The summed E-state index contributed by atoms with van der Waals surface area (Å²) in [5, 5.41) is 0. The Bertz CT molecular complexity index is 990. The maximum atomic E-state index is 12.3. The second-order valence-electron chi connectivity index (χ2n) is 9.74. The van der Waals surface area contributed by atoms with Gasteiger partial charge < -0.3 is 14.7 Å². The quantitative estimate of drug-likeness (QED) is 0.507. The van der Waals surface area contributed by atoms with Crippen molar-refractivity contribution in [2.75, 3.05) is 18.0 Å². The van der Waals surface area contributed by atoms with Gasteiger partial charge in [-0.15, -0.1) is 0 Å². The molecule has 1 aliphatic heterocycles. The first-order chi connectivity index (χ1) is 16.8. The first-order valence-electron chi connectivity index (χ1n) is 13.2. The Morgan fingerprint density at radius 3 is 2.26 bits per heavy atom. The molecule has 0 unspecified atom stereocenters. The van der Waals surface area contributed by atoms with Gasteiger partial charge in [-0.2, -0.15) is 0 Å². The number of anilines is 1. The summed E-state index contributed by atoms with van der Waals surface area (Å²) in [5.74, 6) is 0.974. The summed E-state index contributed by atoms with van der Waals surface area (Å²) in [7, 11) is 0. The van der Waals surface area contributed by atoms with E-state index in [1.165, 1.54) is 45.4 Å². The third-order valence-electron chi connectivity index (χ3n) is 7.37. The highest BCUT2D eigenvalue weighted by Crippen LogP contribution is 2.47. The molecule has 2 aliphatic rings. The number of hydrogen-bond donors (Lipinski definition) is 1.